The fraction of sp³-hybridized carbons (Fsp3) is 0.200. The van der Waals surface area contributed by atoms with Crippen LogP contribution in [0.4, 0.5) is 5.69 Å². The minimum Gasteiger partial charge on any atom is -0.371 e. The highest BCUT2D eigenvalue weighted by Crippen LogP contribution is 2.29. The third-order valence-electron chi connectivity index (χ3n) is 6.23. The summed E-state index contributed by atoms with van der Waals surface area (Å²) >= 11 is 1.68. The number of aromatic nitrogens is 5. The van der Waals surface area contributed by atoms with Crippen molar-refractivity contribution in [3.05, 3.63) is 88.8 Å². The maximum atomic E-state index is 12.7. The number of piperidine rings is 1. The minimum atomic E-state index is -0.0979. The number of hydrogen-bond acceptors (Lipinski definition) is 6. The Balaban J connectivity index is 1.24. The molecule has 5 aromatic rings. The topological polar surface area (TPSA) is 68.8 Å². The van der Waals surface area contributed by atoms with Crippen molar-refractivity contribution >= 4 is 27.2 Å². The minimum absolute atomic E-state index is 0.0979. The molecule has 1 saturated heterocycles. The molecule has 0 unspecified atom stereocenters. The standard InChI is InChI=1S/C25H22N6OS/c32-23-11-15-30(28-25(23)22-8-12-27-31(22)19-4-2-1-3-5-19)18-9-13-29(14-10-18)20-6-7-21-24(16-20)33-17-26-21/h1-8,11-12,15-18H,9-10,13-14H2. The van der Waals surface area contributed by atoms with Crippen molar-refractivity contribution in [1.29, 1.82) is 0 Å². The van der Waals surface area contributed by atoms with Crippen LogP contribution in [0, 0.1) is 0 Å². The van der Waals surface area contributed by atoms with Crippen LogP contribution in [0.15, 0.2) is 83.4 Å². The fourth-order valence-electron chi connectivity index (χ4n) is 4.49. The van der Waals surface area contributed by atoms with E-state index in [9.17, 15) is 4.79 Å². The highest BCUT2D eigenvalue weighted by atomic mass is 32.1. The lowest BCUT2D eigenvalue weighted by molar-refractivity contribution is 0.362. The quantitative estimate of drug-likeness (QED) is 0.399. The van der Waals surface area contributed by atoms with Crippen molar-refractivity contribution in [3.8, 4) is 17.1 Å². The molecule has 7 nitrogen and oxygen atoms in total. The van der Waals surface area contributed by atoms with Crippen molar-refractivity contribution in [2.24, 2.45) is 0 Å². The summed E-state index contributed by atoms with van der Waals surface area (Å²) in [6, 6.07) is 20.0. The molecule has 2 aromatic carbocycles. The molecule has 33 heavy (non-hydrogen) atoms. The maximum Gasteiger partial charge on any atom is 0.209 e. The average molecular weight is 455 g/mol. The van der Waals surface area contributed by atoms with Gasteiger partial charge < -0.3 is 4.90 Å². The molecule has 1 fully saturated rings. The van der Waals surface area contributed by atoms with E-state index >= 15 is 0 Å². The Hall–Kier alpha value is -3.78. The summed E-state index contributed by atoms with van der Waals surface area (Å²) in [6.45, 7) is 1.89. The van der Waals surface area contributed by atoms with E-state index in [0.717, 1.165) is 37.1 Å². The van der Waals surface area contributed by atoms with Gasteiger partial charge >= 0.3 is 0 Å². The first-order valence-corrected chi connectivity index (χ1v) is 11.9. The average Bonchev–Trinajstić information content (AvgIpc) is 3.54. The maximum absolute atomic E-state index is 12.7. The van der Waals surface area contributed by atoms with E-state index in [2.05, 4.69) is 33.2 Å². The van der Waals surface area contributed by atoms with Crippen molar-refractivity contribution in [1.82, 2.24) is 24.5 Å². The van der Waals surface area contributed by atoms with E-state index in [-0.39, 0.29) is 11.5 Å². The van der Waals surface area contributed by atoms with Crippen LogP contribution in [-0.2, 0) is 0 Å². The molecule has 8 heteroatoms. The first-order chi connectivity index (χ1) is 16.3. The molecule has 1 aliphatic rings. The Kier molecular flexibility index (Phi) is 4.99. The summed E-state index contributed by atoms with van der Waals surface area (Å²) in [5, 5.41) is 9.20. The second-order valence-electron chi connectivity index (χ2n) is 8.20. The predicted octanol–water partition coefficient (Wildman–Crippen LogP) is 4.55. The van der Waals surface area contributed by atoms with Gasteiger partial charge in [0.25, 0.3) is 0 Å². The molecule has 0 atom stereocenters. The van der Waals surface area contributed by atoms with Crippen molar-refractivity contribution < 1.29 is 0 Å². The van der Waals surface area contributed by atoms with Gasteiger partial charge in [0.2, 0.25) is 5.43 Å². The third kappa shape index (κ3) is 3.72. The van der Waals surface area contributed by atoms with E-state index in [1.54, 1.807) is 28.3 Å². The van der Waals surface area contributed by atoms with Gasteiger partial charge in [-0.15, -0.1) is 11.3 Å². The molecule has 0 radical (unpaired) electrons. The molecule has 0 amide bonds. The molecule has 0 bridgehead atoms. The molecule has 1 aliphatic heterocycles. The van der Waals surface area contributed by atoms with Gasteiger partial charge in [-0.05, 0) is 49.2 Å². The number of benzene rings is 2. The smallest absolute Gasteiger partial charge is 0.209 e. The van der Waals surface area contributed by atoms with Crippen LogP contribution in [0.3, 0.4) is 0 Å². The molecule has 0 aliphatic carbocycles. The lowest BCUT2D eigenvalue weighted by Crippen LogP contribution is -2.35. The fourth-order valence-corrected chi connectivity index (χ4v) is 5.20. The summed E-state index contributed by atoms with van der Waals surface area (Å²) in [4.78, 5) is 19.5. The van der Waals surface area contributed by atoms with Crippen molar-refractivity contribution in [2.75, 3.05) is 18.0 Å². The van der Waals surface area contributed by atoms with Crippen LogP contribution < -0.4 is 10.3 Å². The lowest BCUT2D eigenvalue weighted by Gasteiger charge is -2.34. The summed E-state index contributed by atoms with van der Waals surface area (Å²) in [7, 11) is 0. The second kappa shape index (κ2) is 8.29. The molecule has 3 aromatic heterocycles. The summed E-state index contributed by atoms with van der Waals surface area (Å²) in [5.41, 5.74) is 6.13. The van der Waals surface area contributed by atoms with Gasteiger partial charge in [0.05, 0.1) is 39.3 Å². The Morgan fingerprint density at radius 2 is 1.79 bits per heavy atom. The van der Waals surface area contributed by atoms with Crippen LogP contribution in [0.25, 0.3) is 27.3 Å². The number of thiazole rings is 1. The number of para-hydroxylation sites is 1. The van der Waals surface area contributed by atoms with Crippen molar-refractivity contribution in [2.45, 2.75) is 18.9 Å². The Bertz CT molecular complexity index is 1460. The number of hydrogen-bond donors (Lipinski definition) is 0. The molecular formula is C25H22N6OS. The highest BCUT2D eigenvalue weighted by molar-refractivity contribution is 7.16. The molecule has 6 rings (SSSR count). The van der Waals surface area contributed by atoms with Gasteiger partial charge in [-0.1, -0.05) is 18.2 Å². The Labute approximate surface area is 194 Å². The SMILES string of the molecule is O=c1ccn(C2CCN(c3ccc4ncsc4c3)CC2)nc1-c1ccnn1-c1ccccc1. The van der Waals surface area contributed by atoms with Gasteiger partial charge in [0.1, 0.15) is 0 Å². The first kappa shape index (κ1) is 19.9. The number of anilines is 1. The van der Waals surface area contributed by atoms with E-state index in [4.69, 9.17) is 5.10 Å². The van der Waals surface area contributed by atoms with Gasteiger partial charge in [0, 0.05) is 31.0 Å². The van der Waals surface area contributed by atoms with E-state index in [1.165, 1.54) is 10.4 Å². The molecule has 164 valence electrons. The zero-order valence-electron chi connectivity index (χ0n) is 17.9. The van der Waals surface area contributed by atoms with E-state index in [0.29, 0.717) is 11.4 Å². The van der Waals surface area contributed by atoms with Crippen LogP contribution in [0.2, 0.25) is 0 Å². The molecule has 0 saturated carbocycles. The summed E-state index contributed by atoms with van der Waals surface area (Å²) < 4.78 is 4.95. The van der Waals surface area contributed by atoms with E-state index < -0.39 is 0 Å². The lowest BCUT2D eigenvalue weighted by atomic mass is 10.0. The monoisotopic (exact) mass is 454 g/mol. The van der Waals surface area contributed by atoms with Gasteiger partial charge in [-0.25, -0.2) is 9.67 Å². The van der Waals surface area contributed by atoms with E-state index in [1.807, 2.05) is 52.8 Å². The number of rotatable bonds is 4. The second-order valence-corrected chi connectivity index (χ2v) is 9.08. The molecule has 0 N–H and O–H groups in total. The zero-order valence-corrected chi connectivity index (χ0v) is 18.7. The van der Waals surface area contributed by atoms with Gasteiger partial charge in [-0.3, -0.25) is 9.48 Å². The Morgan fingerprint density at radius 1 is 0.939 bits per heavy atom. The van der Waals surface area contributed by atoms with Crippen LogP contribution in [0.1, 0.15) is 18.9 Å². The third-order valence-corrected chi connectivity index (χ3v) is 7.02. The van der Waals surface area contributed by atoms with Crippen LogP contribution in [0.5, 0.6) is 0 Å². The van der Waals surface area contributed by atoms with Gasteiger partial charge in [-0.2, -0.15) is 10.2 Å². The Morgan fingerprint density at radius 3 is 2.64 bits per heavy atom. The highest BCUT2D eigenvalue weighted by Gasteiger charge is 2.22. The normalized spacial score (nSPS) is 14.7. The predicted molar refractivity (Wildman–Crippen MR) is 131 cm³/mol. The van der Waals surface area contributed by atoms with Crippen molar-refractivity contribution in [3.63, 3.8) is 0 Å². The number of nitrogens with zero attached hydrogens (tertiary/aromatic N) is 6. The van der Waals surface area contributed by atoms with Crippen LogP contribution >= 0.6 is 11.3 Å². The summed E-state index contributed by atoms with van der Waals surface area (Å²) in [5.74, 6) is 0. The largest absolute Gasteiger partial charge is 0.371 e. The van der Waals surface area contributed by atoms with Crippen LogP contribution in [-0.4, -0.2) is 37.6 Å². The summed E-state index contributed by atoms with van der Waals surface area (Å²) in [6.07, 6.45) is 5.46. The number of fused-ring (bicyclic) bond motifs is 1. The molecule has 0 spiro atoms. The van der Waals surface area contributed by atoms with Gasteiger partial charge in [0.15, 0.2) is 5.69 Å². The molecular weight excluding hydrogens is 432 g/mol. The first-order valence-electron chi connectivity index (χ1n) is 11.0. The zero-order chi connectivity index (χ0) is 22.2. The molecule has 4 heterocycles.